The van der Waals surface area contributed by atoms with Crippen molar-refractivity contribution < 1.29 is 26.4 Å². The van der Waals surface area contributed by atoms with E-state index in [1.54, 1.807) is 24.3 Å². The van der Waals surface area contributed by atoms with Crippen molar-refractivity contribution >= 4 is 60.5 Å². The molecule has 13 heteroatoms. The van der Waals surface area contributed by atoms with Gasteiger partial charge in [-0.3, -0.25) is 9.10 Å². The third-order valence-electron chi connectivity index (χ3n) is 5.37. The quantitative estimate of drug-likeness (QED) is 0.333. The van der Waals surface area contributed by atoms with Crippen LogP contribution < -0.4 is 14.4 Å². The number of hydrogen-bond donors (Lipinski definition) is 1. The van der Waals surface area contributed by atoms with Gasteiger partial charge in [0.2, 0.25) is 10.0 Å². The number of sulfonamides is 2. The minimum Gasteiger partial charge on any atom is -0.495 e. The van der Waals surface area contributed by atoms with Gasteiger partial charge in [-0.05, 0) is 48.5 Å². The number of rotatable bonds is 10. The molecule has 0 spiro atoms. The zero-order chi connectivity index (χ0) is 28.3. The molecular formula is C25H25Cl2N3O6S2. The summed E-state index contributed by atoms with van der Waals surface area (Å²) in [5.74, 6) is -0.425. The van der Waals surface area contributed by atoms with E-state index in [0.29, 0.717) is 5.75 Å². The third kappa shape index (κ3) is 5.97. The first-order valence-corrected chi connectivity index (χ1v) is 14.6. The van der Waals surface area contributed by atoms with Gasteiger partial charge in [0.05, 0.1) is 39.8 Å². The van der Waals surface area contributed by atoms with Crippen LogP contribution in [0.4, 0.5) is 11.4 Å². The van der Waals surface area contributed by atoms with Crippen LogP contribution in [0.5, 0.6) is 5.75 Å². The molecule has 38 heavy (non-hydrogen) atoms. The van der Waals surface area contributed by atoms with Crippen LogP contribution >= 0.6 is 23.2 Å². The number of hydrogen-bond acceptors (Lipinski definition) is 6. The number of halogens is 2. The molecule has 1 N–H and O–H groups in total. The van der Waals surface area contributed by atoms with Crippen molar-refractivity contribution in [1.29, 1.82) is 0 Å². The van der Waals surface area contributed by atoms with Crippen LogP contribution in [-0.4, -0.2) is 54.8 Å². The van der Waals surface area contributed by atoms with E-state index < -0.39 is 26.0 Å². The SMILES string of the molecule is C=CCN(c1ccccc1OC)S(=O)(=O)c1ccc(Cl)c(C(=O)Nc2ccc(Cl)c(S(=O)(=O)N(C)C)c2)c1. The second kappa shape index (κ2) is 11.7. The van der Waals surface area contributed by atoms with E-state index in [1.165, 1.54) is 57.6 Å². The van der Waals surface area contributed by atoms with Crippen LogP contribution in [0, 0.1) is 0 Å². The largest absolute Gasteiger partial charge is 0.495 e. The number of benzene rings is 3. The van der Waals surface area contributed by atoms with Crippen LogP contribution in [0.2, 0.25) is 10.0 Å². The van der Waals surface area contributed by atoms with Gasteiger partial charge in [0.25, 0.3) is 15.9 Å². The lowest BCUT2D eigenvalue weighted by Crippen LogP contribution is -2.31. The maximum atomic E-state index is 13.7. The molecule has 0 radical (unpaired) electrons. The van der Waals surface area contributed by atoms with Gasteiger partial charge in [-0.1, -0.05) is 41.4 Å². The van der Waals surface area contributed by atoms with Gasteiger partial charge < -0.3 is 10.1 Å². The highest BCUT2D eigenvalue weighted by atomic mass is 35.5. The highest BCUT2D eigenvalue weighted by Gasteiger charge is 2.28. The predicted molar refractivity (Wildman–Crippen MR) is 149 cm³/mol. The van der Waals surface area contributed by atoms with Crippen molar-refractivity contribution in [3.63, 3.8) is 0 Å². The first-order valence-electron chi connectivity index (χ1n) is 10.9. The molecule has 0 fully saturated rings. The van der Waals surface area contributed by atoms with Crippen molar-refractivity contribution in [2.45, 2.75) is 9.79 Å². The van der Waals surface area contributed by atoms with E-state index in [2.05, 4.69) is 11.9 Å². The fourth-order valence-corrected chi connectivity index (χ4v) is 6.49. The number of amides is 1. The lowest BCUT2D eigenvalue weighted by Gasteiger charge is -2.25. The average molecular weight is 599 g/mol. The molecule has 1 amide bonds. The molecule has 9 nitrogen and oxygen atoms in total. The minimum absolute atomic E-state index is 0.0101. The molecule has 202 valence electrons. The smallest absolute Gasteiger partial charge is 0.264 e. The molecular weight excluding hydrogens is 573 g/mol. The van der Waals surface area contributed by atoms with Crippen molar-refractivity contribution in [3.05, 3.63) is 88.9 Å². The van der Waals surface area contributed by atoms with Crippen LogP contribution in [-0.2, 0) is 20.0 Å². The van der Waals surface area contributed by atoms with Gasteiger partial charge in [-0.15, -0.1) is 6.58 Å². The predicted octanol–water partition coefficient (Wildman–Crippen LogP) is 4.89. The fraction of sp³-hybridized carbons (Fsp3) is 0.160. The van der Waals surface area contributed by atoms with Crippen LogP contribution in [0.1, 0.15) is 10.4 Å². The van der Waals surface area contributed by atoms with Gasteiger partial charge in [-0.25, -0.2) is 21.1 Å². The molecule has 0 heterocycles. The topological polar surface area (TPSA) is 113 Å². The number of methoxy groups -OCH3 is 1. The molecule has 0 saturated carbocycles. The second-order valence-electron chi connectivity index (χ2n) is 8.03. The Kier molecular flexibility index (Phi) is 9.11. The van der Waals surface area contributed by atoms with E-state index >= 15 is 0 Å². The number of nitrogens with zero attached hydrogens (tertiary/aromatic N) is 2. The van der Waals surface area contributed by atoms with Gasteiger partial charge in [-0.2, -0.15) is 0 Å². The molecule has 0 aliphatic rings. The summed E-state index contributed by atoms with van der Waals surface area (Å²) in [4.78, 5) is 12.7. The highest BCUT2D eigenvalue weighted by molar-refractivity contribution is 7.92. The van der Waals surface area contributed by atoms with E-state index in [4.69, 9.17) is 27.9 Å². The molecule has 0 aliphatic heterocycles. The molecule has 0 aliphatic carbocycles. The Balaban J connectivity index is 2.02. The maximum Gasteiger partial charge on any atom is 0.264 e. The number of carbonyl (C=O) groups excluding carboxylic acids is 1. The maximum absolute atomic E-state index is 13.7. The van der Waals surface area contributed by atoms with Gasteiger partial charge in [0.1, 0.15) is 10.6 Å². The van der Waals surface area contributed by atoms with Crippen molar-refractivity contribution in [3.8, 4) is 5.75 Å². The number of anilines is 2. The first kappa shape index (κ1) is 29.5. The fourth-order valence-electron chi connectivity index (χ4n) is 3.42. The van der Waals surface area contributed by atoms with E-state index in [-0.39, 0.29) is 43.3 Å². The lowest BCUT2D eigenvalue weighted by atomic mass is 10.2. The summed E-state index contributed by atoms with van der Waals surface area (Å²) in [5.41, 5.74) is 0.261. The Morgan fingerprint density at radius 3 is 2.26 bits per heavy atom. The Labute approximate surface area is 232 Å². The Morgan fingerprint density at radius 1 is 0.974 bits per heavy atom. The average Bonchev–Trinajstić information content (AvgIpc) is 2.88. The summed E-state index contributed by atoms with van der Waals surface area (Å²) in [6.07, 6.45) is 1.42. The number of ether oxygens (including phenoxy) is 1. The molecule has 0 unspecified atom stereocenters. The highest BCUT2D eigenvalue weighted by Crippen LogP contribution is 2.33. The van der Waals surface area contributed by atoms with Crippen molar-refractivity contribution in [1.82, 2.24) is 4.31 Å². The third-order valence-corrected chi connectivity index (χ3v) is 9.77. The molecule has 0 bridgehead atoms. The number of para-hydroxylation sites is 2. The number of nitrogens with one attached hydrogen (secondary N) is 1. The molecule has 3 aromatic carbocycles. The van der Waals surface area contributed by atoms with E-state index in [1.807, 2.05) is 0 Å². The zero-order valence-electron chi connectivity index (χ0n) is 20.7. The van der Waals surface area contributed by atoms with Crippen LogP contribution in [0.15, 0.2) is 83.1 Å². The molecule has 0 aromatic heterocycles. The molecule has 3 rings (SSSR count). The van der Waals surface area contributed by atoms with Crippen molar-refractivity contribution in [2.75, 3.05) is 37.4 Å². The zero-order valence-corrected chi connectivity index (χ0v) is 23.8. The Hall–Kier alpha value is -3.09. The standard InChI is InChI=1S/C25H25Cl2N3O6S2/c1-5-14-30(22-8-6-7-9-23(22)36-4)37(32,33)18-11-13-20(26)19(16-18)25(31)28-17-10-12-21(27)24(15-17)38(34,35)29(2)3/h5-13,15-16H,1,14H2,2-4H3,(H,28,31). The van der Waals surface area contributed by atoms with Gasteiger partial charge >= 0.3 is 0 Å². The van der Waals surface area contributed by atoms with Gasteiger partial charge in [0, 0.05) is 19.8 Å². The van der Waals surface area contributed by atoms with Crippen molar-refractivity contribution in [2.24, 2.45) is 0 Å². The van der Waals surface area contributed by atoms with Crippen LogP contribution in [0.3, 0.4) is 0 Å². The Bertz CT molecular complexity index is 1590. The molecule has 0 saturated heterocycles. The monoisotopic (exact) mass is 597 g/mol. The van der Waals surface area contributed by atoms with E-state index in [0.717, 1.165) is 14.7 Å². The summed E-state index contributed by atoms with van der Waals surface area (Å²) in [6, 6.07) is 14.3. The summed E-state index contributed by atoms with van der Waals surface area (Å²) in [6.45, 7) is 3.58. The molecule has 0 atom stereocenters. The first-order chi connectivity index (χ1) is 17.8. The minimum atomic E-state index is -4.19. The van der Waals surface area contributed by atoms with Crippen LogP contribution in [0.25, 0.3) is 0 Å². The lowest BCUT2D eigenvalue weighted by molar-refractivity contribution is 0.102. The Morgan fingerprint density at radius 2 is 1.63 bits per heavy atom. The summed E-state index contributed by atoms with van der Waals surface area (Å²) in [5, 5.41) is 2.51. The summed E-state index contributed by atoms with van der Waals surface area (Å²) in [7, 11) is -3.96. The molecule has 3 aromatic rings. The second-order valence-corrected chi connectivity index (χ2v) is 12.8. The normalized spacial score (nSPS) is 11.7. The summed E-state index contributed by atoms with van der Waals surface area (Å²) < 4.78 is 59.9. The van der Waals surface area contributed by atoms with Gasteiger partial charge in [0.15, 0.2) is 0 Å². The summed E-state index contributed by atoms with van der Waals surface area (Å²) >= 11 is 12.3. The van der Waals surface area contributed by atoms with E-state index in [9.17, 15) is 21.6 Å². The number of carbonyl (C=O) groups is 1.